The summed E-state index contributed by atoms with van der Waals surface area (Å²) in [4.78, 5) is 19.8. The van der Waals surface area contributed by atoms with E-state index in [9.17, 15) is 0 Å². The molecule has 2 aliphatic carbocycles. The monoisotopic (exact) mass is 518 g/mol. The first-order valence-electron chi connectivity index (χ1n) is 14.0. The van der Waals surface area contributed by atoms with Gasteiger partial charge in [-0.3, -0.25) is 8.97 Å². The summed E-state index contributed by atoms with van der Waals surface area (Å²) in [7, 11) is 0. The molecule has 6 heteroatoms. The van der Waals surface area contributed by atoms with Crippen LogP contribution in [0.25, 0.3) is 57.1 Å². The summed E-state index contributed by atoms with van der Waals surface area (Å²) in [6.45, 7) is 0. The van der Waals surface area contributed by atoms with Crippen LogP contribution in [-0.4, -0.2) is 28.9 Å². The summed E-state index contributed by atoms with van der Waals surface area (Å²) in [6.07, 6.45) is 9.98. The fourth-order valence-electron chi connectivity index (χ4n) is 6.03. The lowest BCUT2D eigenvalue weighted by Gasteiger charge is -2.21. The van der Waals surface area contributed by atoms with Gasteiger partial charge in [0.15, 0.2) is 11.6 Å². The number of benzene rings is 3. The number of allylic oxidation sites excluding steroid dienone is 1. The first kappa shape index (κ1) is 22.9. The predicted octanol–water partition coefficient (Wildman–Crippen LogP) is 5.73. The molecule has 0 spiro atoms. The first-order chi connectivity index (χ1) is 19.8. The van der Waals surface area contributed by atoms with Gasteiger partial charge in [-0.05, 0) is 67.1 Å². The van der Waals surface area contributed by atoms with Gasteiger partial charge in [0, 0.05) is 22.7 Å². The summed E-state index contributed by atoms with van der Waals surface area (Å²) in [6, 6.07) is 27.1. The van der Waals surface area contributed by atoms with Gasteiger partial charge in [-0.1, -0.05) is 67.5 Å². The largest absolute Gasteiger partial charge is 0.278 e. The number of hydrogen-bond donors (Lipinski definition) is 0. The Labute approximate surface area is 231 Å². The van der Waals surface area contributed by atoms with Crippen molar-refractivity contribution in [1.82, 2.24) is 28.9 Å². The van der Waals surface area contributed by atoms with Gasteiger partial charge in [0.05, 0.1) is 16.4 Å². The minimum atomic E-state index is 0.389. The Bertz CT molecular complexity index is 2100. The zero-order valence-corrected chi connectivity index (χ0v) is 22.0. The normalized spacial score (nSPS) is 14.8. The fourth-order valence-corrected chi connectivity index (χ4v) is 6.03. The summed E-state index contributed by atoms with van der Waals surface area (Å²) < 4.78 is 4.39. The highest BCUT2D eigenvalue weighted by molar-refractivity contribution is 5.84. The van der Waals surface area contributed by atoms with Crippen molar-refractivity contribution in [2.45, 2.75) is 38.0 Å². The quantitative estimate of drug-likeness (QED) is 0.280. The Morgan fingerprint density at radius 2 is 1.38 bits per heavy atom. The van der Waals surface area contributed by atoms with Gasteiger partial charge in [0.25, 0.3) is 0 Å². The van der Waals surface area contributed by atoms with Crippen molar-refractivity contribution in [2.24, 2.45) is 0 Å². The van der Waals surface area contributed by atoms with Crippen molar-refractivity contribution < 1.29 is 0 Å². The second kappa shape index (κ2) is 9.32. The summed E-state index contributed by atoms with van der Waals surface area (Å²) in [5.74, 6) is 3.62. The van der Waals surface area contributed by atoms with E-state index in [4.69, 9.17) is 19.9 Å². The molecule has 3 aromatic heterocycles. The van der Waals surface area contributed by atoms with E-state index >= 15 is 0 Å². The standard InChI is InChI=1S/C34H26N6/c1-3-11-23(12-4-1)31-36-32(24-13-5-2-6-14-24)38-33(37-31)25-19-21-26(22-20-25)39-29-17-9-10-18-30(29)40-28-16-8-7-15-27(28)35-34(39)40/h1,3-4,8-12,16-22,24H,2,5-6,13-14H2. The zero-order valence-electron chi connectivity index (χ0n) is 22.0. The van der Waals surface area contributed by atoms with Crippen LogP contribution in [0, 0.1) is 0 Å². The van der Waals surface area contributed by atoms with Gasteiger partial charge in [-0.15, -0.1) is 0 Å². The van der Waals surface area contributed by atoms with E-state index in [-0.39, 0.29) is 0 Å². The van der Waals surface area contributed by atoms with Crippen LogP contribution in [0.3, 0.4) is 0 Å². The molecule has 0 radical (unpaired) electrons. The fraction of sp³-hybridized carbons (Fsp3) is 0.176. The van der Waals surface area contributed by atoms with Crippen LogP contribution in [0.5, 0.6) is 0 Å². The SMILES string of the molecule is C1=C=c2nc3n(-c4ccc(-c5nc(-c6ccccc6)nc(C6CCCCC6)n5)cc4)c4ccccc4n3c2=CC=1. The Morgan fingerprint density at radius 3 is 2.15 bits per heavy atom. The second-order valence-corrected chi connectivity index (χ2v) is 10.5. The lowest BCUT2D eigenvalue weighted by Crippen LogP contribution is -2.26. The molecule has 0 bridgehead atoms. The van der Waals surface area contributed by atoms with E-state index in [2.05, 4.69) is 81.1 Å². The molecule has 40 heavy (non-hydrogen) atoms. The second-order valence-electron chi connectivity index (χ2n) is 10.5. The Kier molecular flexibility index (Phi) is 5.34. The van der Waals surface area contributed by atoms with Crippen LogP contribution in [0.15, 0.2) is 90.7 Å². The number of rotatable bonds is 4. The van der Waals surface area contributed by atoms with E-state index < -0.39 is 0 Å². The van der Waals surface area contributed by atoms with Crippen molar-refractivity contribution in [2.75, 3.05) is 0 Å². The Balaban J connectivity index is 1.26. The number of hydrogen-bond acceptors (Lipinski definition) is 4. The molecule has 0 saturated heterocycles. The first-order valence-corrected chi connectivity index (χ1v) is 14.0. The predicted molar refractivity (Wildman–Crippen MR) is 157 cm³/mol. The maximum atomic E-state index is 5.02. The Hall–Kier alpha value is -5.02. The third kappa shape index (κ3) is 3.74. The van der Waals surface area contributed by atoms with Crippen molar-refractivity contribution in [1.29, 1.82) is 0 Å². The zero-order chi connectivity index (χ0) is 26.5. The van der Waals surface area contributed by atoms with Gasteiger partial charge in [-0.2, -0.15) is 0 Å². The molecule has 192 valence electrons. The van der Waals surface area contributed by atoms with E-state index in [0.717, 1.165) is 74.6 Å². The average Bonchev–Trinajstić information content (AvgIpc) is 3.56. The number of para-hydroxylation sites is 2. The van der Waals surface area contributed by atoms with Gasteiger partial charge < -0.3 is 0 Å². The summed E-state index contributed by atoms with van der Waals surface area (Å²) in [5, 5.41) is 1.83. The smallest absolute Gasteiger partial charge is 0.221 e. The topological polar surface area (TPSA) is 60.9 Å². The third-order valence-electron chi connectivity index (χ3n) is 8.01. The van der Waals surface area contributed by atoms with E-state index in [1.807, 2.05) is 30.4 Å². The highest BCUT2D eigenvalue weighted by Crippen LogP contribution is 2.33. The van der Waals surface area contributed by atoms with Crippen LogP contribution >= 0.6 is 0 Å². The molecule has 3 heterocycles. The van der Waals surface area contributed by atoms with Crippen LogP contribution in [0.4, 0.5) is 0 Å². The molecular formula is C34H26N6. The maximum Gasteiger partial charge on any atom is 0.221 e. The molecule has 3 aromatic carbocycles. The molecule has 0 amide bonds. The lowest BCUT2D eigenvalue weighted by molar-refractivity contribution is 0.428. The molecular weight excluding hydrogens is 492 g/mol. The Morgan fingerprint density at radius 1 is 0.675 bits per heavy atom. The van der Waals surface area contributed by atoms with Crippen molar-refractivity contribution in [3.63, 3.8) is 0 Å². The molecule has 0 unspecified atom stereocenters. The molecule has 6 aromatic rings. The maximum absolute atomic E-state index is 5.02. The molecule has 1 saturated carbocycles. The van der Waals surface area contributed by atoms with Crippen molar-refractivity contribution >= 4 is 28.6 Å². The molecule has 0 atom stereocenters. The van der Waals surface area contributed by atoms with E-state index in [1.165, 1.54) is 19.3 Å². The van der Waals surface area contributed by atoms with Crippen LogP contribution in [0.2, 0.25) is 0 Å². The van der Waals surface area contributed by atoms with Crippen LogP contribution in [-0.2, 0) is 0 Å². The molecule has 6 nitrogen and oxygen atoms in total. The number of nitrogens with zero attached hydrogens (tertiary/aromatic N) is 6. The lowest BCUT2D eigenvalue weighted by atomic mass is 9.88. The van der Waals surface area contributed by atoms with Crippen LogP contribution < -0.4 is 10.7 Å². The average molecular weight is 519 g/mol. The highest BCUT2D eigenvalue weighted by atomic mass is 15.2. The minimum absolute atomic E-state index is 0.389. The molecule has 8 rings (SSSR count). The van der Waals surface area contributed by atoms with E-state index in [1.54, 1.807) is 0 Å². The molecule has 2 aliphatic rings. The van der Waals surface area contributed by atoms with E-state index in [0.29, 0.717) is 5.92 Å². The summed E-state index contributed by atoms with van der Waals surface area (Å²) >= 11 is 0. The van der Waals surface area contributed by atoms with Crippen LogP contribution in [0.1, 0.15) is 43.8 Å². The van der Waals surface area contributed by atoms with Gasteiger partial charge in [-0.25, -0.2) is 19.9 Å². The van der Waals surface area contributed by atoms with Crippen molar-refractivity contribution in [3.05, 3.63) is 107 Å². The number of fused-ring (bicyclic) bond motifs is 5. The minimum Gasteiger partial charge on any atom is -0.278 e. The molecule has 1 fully saturated rings. The molecule has 0 N–H and O–H groups in total. The number of aromatic nitrogens is 6. The van der Waals surface area contributed by atoms with Gasteiger partial charge >= 0.3 is 0 Å². The molecule has 0 aliphatic heterocycles. The third-order valence-corrected chi connectivity index (χ3v) is 8.01. The number of imidazole rings is 2. The van der Waals surface area contributed by atoms with Gasteiger partial charge in [0.2, 0.25) is 5.78 Å². The van der Waals surface area contributed by atoms with Crippen molar-refractivity contribution in [3.8, 4) is 28.5 Å². The summed E-state index contributed by atoms with van der Waals surface area (Å²) in [5.41, 5.74) is 11.4. The van der Waals surface area contributed by atoms with Gasteiger partial charge in [0.1, 0.15) is 11.2 Å². The highest BCUT2D eigenvalue weighted by Gasteiger charge is 2.21.